The average molecular weight is 1480 g/mol. The Morgan fingerprint density at radius 2 is 0.434 bits per heavy atom. The predicted octanol–water partition coefficient (Wildman–Crippen LogP) is 30.4. The predicted molar refractivity (Wildman–Crippen MR) is 463 cm³/mol. The summed E-state index contributed by atoms with van der Waals surface area (Å²) >= 11 is 0. The Morgan fingerprint density at radius 3 is 0.670 bits per heavy atom. The fraction of sp³-hybridized carbons (Fsp3) is 0.860. The number of allylic oxidation sites excluding steroid dienone is 2. The van der Waals surface area contributed by atoms with Gasteiger partial charge < -0.3 is 28.4 Å². The lowest BCUT2D eigenvalue weighted by Crippen LogP contribution is -2.27. The summed E-state index contributed by atoms with van der Waals surface area (Å²) in [6.45, 7) is 46.5. The third-order valence-electron chi connectivity index (χ3n) is 25.4. The Hall–Kier alpha value is -2.06. The van der Waals surface area contributed by atoms with Gasteiger partial charge in [0.05, 0.1) is 39.6 Å². The minimum atomic E-state index is -0.0277. The molecule has 0 saturated heterocycles. The van der Waals surface area contributed by atoms with Crippen molar-refractivity contribution in [2.75, 3.05) is 52.9 Å². The van der Waals surface area contributed by atoms with Crippen LogP contribution in [0.2, 0.25) is 0 Å². The Kier molecular flexibility index (Phi) is 60.5. The van der Waals surface area contributed by atoms with E-state index in [1.54, 1.807) is 0 Å². The first-order valence-electron chi connectivity index (χ1n) is 46.5. The van der Waals surface area contributed by atoms with E-state index in [0.29, 0.717) is 75.1 Å². The molecule has 18 atom stereocenters. The normalized spacial score (nSPS) is 32.6. The van der Waals surface area contributed by atoms with Crippen LogP contribution < -0.4 is 0 Å². The molecule has 1 heterocycles. The van der Waals surface area contributed by atoms with Gasteiger partial charge in [-0.3, -0.25) is 0 Å². The minimum Gasteiger partial charge on any atom is -0.379 e. The molecule has 0 bridgehead atoms. The molecule has 1 aliphatic rings. The second-order valence-corrected chi connectivity index (χ2v) is 37.9. The van der Waals surface area contributed by atoms with E-state index in [0.717, 1.165) is 111 Å². The summed E-state index contributed by atoms with van der Waals surface area (Å²) in [6.07, 6.45) is 61.5. The second-order valence-electron chi connectivity index (χ2n) is 37.9. The molecule has 0 spiro atoms. The Labute approximate surface area is 662 Å². The molecule has 0 unspecified atom stereocenters. The van der Waals surface area contributed by atoms with Gasteiger partial charge in [-0.2, -0.15) is 0 Å². The molecule has 6 heteroatoms. The SMILES string of the molecule is C[C@@H]1CCC[C@H](C)CCC[C@H](C)CC[C@@H](C)CCC[C@@H](C)CCC[C@@H](C)CCC[C@@H](C)CCOC[C@@H](COCc2ccccc2)OCC[C@H](C)CCC[C@H](C)CCC[C@H](C)CCC[C@H](C)C=C[C@@H](C)CCC[C@@H](C)CCC[C@@H](C)CCC[C@@H](C)CCO[C@H](COCc2ccccc2)COCC[C@H](C)CCC1. The molecule has 618 valence electrons. The molecule has 0 radical (unpaired) electrons. The lowest BCUT2D eigenvalue weighted by atomic mass is 9.88. The lowest BCUT2D eigenvalue weighted by Gasteiger charge is -2.21. The van der Waals surface area contributed by atoms with Crippen LogP contribution in [0.4, 0.5) is 0 Å². The summed E-state index contributed by atoms with van der Waals surface area (Å²) in [5.74, 6) is 12.5. The highest BCUT2D eigenvalue weighted by atomic mass is 16.6. The molecule has 1 aliphatic heterocycles. The molecule has 106 heavy (non-hydrogen) atoms. The van der Waals surface area contributed by atoms with Crippen LogP contribution in [0.1, 0.15) is 392 Å². The largest absolute Gasteiger partial charge is 0.379 e. The van der Waals surface area contributed by atoms with Crippen molar-refractivity contribution in [3.8, 4) is 0 Å². The maximum absolute atomic E-state index is 6.55. The summed E-state index contributed by atoms with van der Waals surface area (Å²) in [5, 5.41) is 0. The van der Waals surface area contributed by atoms with Gasteiger partial charge in [-0.15, -0.1) is 0 Å². The van der Waals surface area contributed by atoms with Crippen LogP contribution in [-0.2, 0) is 41.6 Å². The topological polar surface area (TPSA) is 55.4 Å². The lowest BCUT2D eigenvalue weighted by molar-refractivity contribution is -0.0670. The third-order valence-corrected chi connectivity index (χ3v) is 25.4. The van der Waals surface area contributed by atoms with Gasteiger partial charge in [0.25, 0.3) is 0 Å². The van der Waals surface area contributed by atoms with E-state index in [9.17, 15) is 0 Å². The molecular formula is C100H182O6. The van der Waals surface area contributed by atoms with Crippen molar-refractivity contribution < 1.29 is 28.4 Å². The smallest absolute Gasteiger partial charge is 0.104 e. The standard InChI is InChI=1S/C100H182O6/c1-81-35-23-39-85(5)47-31-55-93(13)67-71-101-77-99(79-103-75-97-59-19-17-20-60-97)105-73-69-95(15)57-33-49-87(7)41-25-37-83(3)45-29-53-91(11)65-66-92(12)54-30-46-84(4)38-26-42-88(8)50-34-58-96(16)70-74-106-100(80-104-76-98-61-21-18-22-62-98)78-102-72-68-94(14)56-32-48-86(6)40-24-36-82(2)44-28-52-90(10)64-63-89(9)51-27-43-81/h17-22,59-62,65-66,81-96,99-100H,23-58,63-64,67-80H2,1-16H3/t81-,82-,83-,84-,85+,86+,87+,88+,89-,90-,91-,92-,93+,94+,95+,96+,99-,100-/m0/s1. The maximum Gasteiger partial charge on any atom is 0.104 e. The van der Waals surface area contributed by atoms with Gasteiger partial charge >= 0.3 is 0 Å². The highest BCUT2D eigenvalue weighted by molar-refractivity contribution is 5.14. The molecule has 0 saturated carbocycles. The molecule has 3 rings (SSSR count). The van der Waals surface area contributed by atoms with E-state index in [2.05, 4.69) is 184 Å². The van der Waals surface area contributed by atoms with Gasteiger partial charge in [-0.1, -0.05) is 415 Å². The zero-order valence-corrected chi connectivity index (χ0v) is 73.5. The van der Waals surface area contributed by atoms with E-state index in [1.807, 2.05) is 0 Å². The quantitative estimate of drug-likeness (QED) is 0.246. The molecular weight excluding hydrogens is 1300 g/mol. The summed E-state index contributed by atoms with van der Waals surface area (Å²) in [4.78, 5) is 0. The summed E-state index contributed by atoms with van der Waals surface area (Å²) in [5.41, 5.74) is 2.42. The first-order chi connectivity index (χ1) is 51.2. The second kappa shape index (κ2) is 65.4. The number of rotatable bonds is 8. The van der Waals surface area contributed by atoms with Crippen LogP contribution in [0.15, 0.2) is 72.8 Å². The van der Waals surface area contributed by atoms with Gasteiger partial charge in [0.2, 0.25) is 0 Å². The van der Waals surface area contributed by atoms with E-state index >= 15 is 0 Å². The fourth-order valence-electron chi connectivity index (χ4n) is 16.8. The molecule has 0 amide bonds. The van der Waals surface area contributed by atoms with Crippen molar-refractivity contribution in [2.45, 2.75) is 406 Å². The van der Waals surface area contributed by atoms with Crippen molar-refractivity contribution in [3.05, 3.63) is 83.9 Å². The average Bonchev–Trinajstić information content (AvgIpc) is 1.02. The van der Waals surface area contributed by atoms with Gasteiger partial charge in [-0.25, -0.2) is 0 Å². The number of ether oxygens (including phenoxy) is 6. The van der Waals surface area contributed by atoms with Crippen LogP contribution in [0.5, 0.6) is 0 Å². The Morgan fingerprint density at radius 1 is 0.236 bits per heavy atom. The summed E-state index contributed by atoms with van der Waals surface area (Å²) in [6, 6.07) is 21.1. The zero-order chi connectivity index (χ0) is 77.0. The highest BCUT2D eigenvalue weighted by Gasteiger charge is 2.19. The van der Waals surface area contributed by atoms with Crippen molar-refractivity contribution in [3.63, 3.8) is 0 Å². The minimum absolute atomic E-state index is 0.0277. The summed E-state index contributed by atoms with van der Waals surface area (Å²) < 4.78 is 38.3. The summed E-state index contributed by atoms with van der Waals surface area (Å²) in [7, 11) is 0. The van der Waals surface area contributed by atoms with Crippen LogP contribution in [0, 0.1) is 94.7 Å². The molecule has 0 aromatic heterocycles. The van der Waals surface area contributed by atoms with Crippen LogP contribution in [-0.4, -0.2) is 65.1 Å². The molecule has 0 N–H and O–H groups in total. The van der Waals surface area contributed by atoms with Crippen molar-refractivity contribution >= 4 is 0 Å². The molecule has 0 fully saturated rings. The van der Waals surface area contributed by atoms with Crippen LogP contribution in [0.3, 0.4) is 0 Å². The fourth-order valence-corrected chi connectivity index (χ4v) is 16.8. The van der Waals surface area contributed by atoms with Crippen LogP contribution in [0.25, 0.3) is 0 Å². The highest BCUT2D eigenvalue weighted by Crippen LogP contribution is 2.30. The Bertz CT molecular complexity index is 2070. The van der Waals surface area contributed by atoms with Gasteiger partial charge in [0.1, 0.15) is 12.2 Å². The Balaban J connectivity index is 1.43. The first kappa shape index (κ1) is 98.1. The monoisotopic (exact) mass is 1480 g/mol. The number of benzene rings is 2. The van der Waals surface area contributed by atoms with Crippen molar-refractivity contribution in [1.82, 2.24) is 0 Å². The van der Waals surface area contributed by atoms with Crippen molar-refractivity contribution in [1.29, 1.82) is 0 Å². The first-order valence-corrected chi connectivity index (χ1v) is 46.5. The van der Waals surface area contributed by atoms with E-state index < -0.39 is 0 Å². The molecule has 0 aliphatic carbocycles. The zero-order valence-electron chi connectivity index (χ0n) is 73.5. The van der Waals surface area contributed by atoms with Crippen LogP contribution >= 0.6 is 0 Å². The molecule has 2 aromatic rings. The number of hydrogen-bond acceptors (Lipinski definition) is 6. The maximum atomic E-state index is 6.55. The van der Waals surface area contributed by atoms with Gasteiger partial charge in [0.15, 0.2) is 0 Å². The molecule has 6 nitrogen and oxygen atoms in total. The molecule has 2 aromatic carbocycles. The van der Waals surface area contributed by atoms with E-state index in [-0.39, 0.29) is 12.2 Å². The van der Waals surface area contributed by atoms with E-state index in [4.69, 9.17) is 28.4 Å². The van der Waals surface area contributed by atoms with E-state index in [1.165, 1.54) is 255 Å². The number of hydrogen-bond donors (Lipinski definition) is 0. The van der Waals surface area contributed by atoms with Gasteiger partial charge in [0, 0.05) is 26.4 Å². The van der Waals surface area contributed by atoms with Crippen molar-refractivity contribution in [2.24, 2.45) is 94.7 Å². The third kappa shape index (κ3) is 57.9. The van der Waals surface area contributed by atoms with Gasteiger partial charge in [-0.05, 0) is 144 Å².